The molecule has 1 aromatic rings. The number of fused-ring (bicyclic) bond motifs is 2. The lowest BCUT2D eigenvalue weighted by atomic mass is 9.80. The monoisotopic (exact) mass is 510 g/mol. The number of hydrogen-bond donors (Lipinski definition) is 1. The number of phenolic OH excluding ortho intramolecular Hbond substituents is 1. The zero-order valence-electron chi connectivity index (χ0n) is 24.3. The molecule has 0 saturated carbocycles. The van der Waals surface area contributed by atoms with Crippen molar-refractivity contribution in [3.05, 3.63) is 28.8 Å². The van der Waals surface area contributed by atoms with Gasteiger partial charge in [0.25, 0.3) is 0 Å². The molecule has 1 heterocycles. The first kappa shape index (κ1) is 29.8. The van der Waals surface area contributed by atoms with Gasteiger partial charge in [0, 0.05) is 12.0 Å². The number of hydrogen-bond acceptors (Lipinski definition) is 3. The number of benzene rings is 1. The lowest BCUT2D eigenvalue weighted by Gasteiger charge is -2.39. The number of unbranched alkanes of at least 4 members (excludes halogenated alkanes) is 15. The molecule has 0 amide bonds. The van der Waals surface area contributed by atoms with Crippen LogP contribution in [0.3, 0.4) is 0 Å². The number of Topliss-reactive ketones (excluding diaryl/α,β-unsaturated/α-hetero) is 1. The summed E-state index contributed by atoms with van der Waals surface area (Å²) in [7, 11) is 0. The quantitative estimate of drug-likeness (QED) is 0.188. The number of aryl methyl sites for hydroxylation is 1. The van der Waals surface area contributed by atoms with E-state index in [1.807, 2.05) is 6.07 Å². The largest absolute Gasteiger partial charge is 0.507 e. The van der Waals surface area contributed by atoms with Crippen LogP contribution in [0.15, 0.2) is 17.7 Å². The summed E-state index contributed by atoms with van der Waals surface area (Å²) in [5, 5.41) is 10.9. The minimum absolute atomic E-state index is 0.195. The maximum atomic E-state index is 12.7. The number of phenols is 1. The molecule has 0 aromatic heterocycles. The van der Waals surface area contributed by atoms with E-state index in [0.717, 1.165) is 60.1 Å². The van der Waals surface area contributed by atoms with Crippen LogP contribution in [0.4, 0.5) is 0 Å². The minimum atomic E-state index is -0.533. The standard InChI is InChI=1S/C34H54O3/c1-4-7-8-9-10-11-12-13-14-15-16-17-18-19-20-21-22-27-25-30(36)32-28-23-24-29(35)33(28)34(5-2,6-3)37-31(32)26-27/h25-26,36H,4-24H2,1-3H3. The van der Waals surface area contributed by atoms with Gasteiger partial charge >= 0.3 is 0 Å². The Bertz CT molecular complexity index is 877. The third-order valence-corrected chi connectivity index (χ3v) is 8.85. The summed E-state index contributed by atoms with van der Waals surface area (Å²) in [6.45, 7) is 6.49. The summed E-state index contributed by atoms with van der Waals surface area (Å²) >= 11 is 0. The van der Waals surface area contributed by atoms with Crippen molar-refractivity contribution >= 4 is 11.4 Å². The highest BCUT2D eigenvalue weighted by atomic mass is 16.5. The highest BCUT2D eigenvalue weighted by Gasteiger charge is 2.46. The lowest BCUT2D eigenvalue weighted by Crippen LogP contribution is -2.41. The summed E-state index contributed by atoms with van der Waals surface area (Å²) in [6.07, 6.45) is 25.8. The molecule has 0 atom stereocenters. The average Bonchev–Trinajstić information content (AvgIpc) is 3.29. The van der Waals surface area contributed by atoms with Crippen LogP contribution < -0.4 is 4.74 Å². The zero-order valence-corrected chi connectivity index (χ0v) is 24.3. The number of ether oxygens (including phenoxy) is 1. The molecular weight excluding hydrogens is 456 g/mol. The Hall–Kier alpha value is -1.77. The smallest absolute Gasteiger partial charge is 0.163 e. The molecule has 1 aliphatic heterocycles. The summed E-state index contributed by atoms with van der Waals surface area (Å²) < 4.78 is 6.52. The molecule has 0 unspecified atom stereocenters. The van der Waals surface area contributed by atoms with Gasteiger partial charge in [-0.1, -0.05) is 117 Å². The van der Waals surface area contributed by atoms with Crippen molar-refractivity contribution in [2.45, 2.75) is 161 Å². The summed E-state index contributed by atoms with van der Waals surface area (Å²) in [5.74, 6) is 1.26. The molecule has 3 heteroatoms. The SMILES string of the molecule is CCCCCCCCCCCCCCCCCCc1cc(O)c2c(c1)OC(CC)(CC)C1=C2CCC1=O. The predicted molar refractivity (Wildman–Crippen MR) is 156 cm³/mol. The molecule has 208 valence electrons. The Morgan fingerprint density at radius 2 is 1.24 bits per heavy atom. The molecule has 0 spiro atoms. The number of rotatable bonds is 19. The van der Waals surface area contributed by atoms with E-state index in [2.05, 4.69) is 26.8 Å². The van der Waals surface area contributed by atoms with E-state index in [0.29, 0.717) is 6.42 Å². The van der Waals surface area contributed by atoms with Gasteiger partial charge in [0.1, 0.15) is 17.1 Å². The van der Waals surface area contributed by atoms with Gasteiger partial charge < -0.3 is 9.84 Å². The van der Waals surface area contributed by atoms with Crippen LogP contribution in [-0.4, -0.2) is 16.5 Å². The fourth-order valence-corrected chi connectivity index (χ4v) is 6.51. The third-order valence-electron chi connectivity index (χ3n) is 8.85. The van der Waals surface area contributed by atoms with Crippen molar-refractivity contribution in [2.24, 2.45) is 0 Å². The zero-order chi connectivity index (χ0) is 26.5. The Labute approximate surface area is 227 Å². The van der Waals surface area contributed by atoms with Crippen LogP contribution >= 0.6 is 0 Å². The molecule has 0 saturated heterocycles. The van der Waals surface area contributed by atoms with Gasteiger partial charge in [0.05, 0.1) is 5.56 Å². The summed E-state index contributed by atoms with van der Waals surface area (Å²) in [5.41, 5.74) is 3.24. The van der Waals surface area contributed by atoms with Crippen molar-refractivity contribution in [1.82, 2.24) is 0 Å². The van der Waals surface area contributed by atoms with Gasteiger partial charge in [0.15, 0.2) is 5.78 Å². The normalized spacial score (nSPS) is 16.1. The second kappa shape index (κ2) is 15.6. The van der Waals surface area contributed by atoms with Gasteiger partial charge in [-0.05, 0) is 55.4 Å². The van der Waals surface area contributed by atoms with E-state index >= 15 is 0 Å². The Kier molecular flexibility index (Phi) is 12.6. The lowest BCUT2D eigenvalue weighted by molar-refractivity contribution is -0.116. The molecule has 0 fully saturated rings. The van der Waals surface area contributed by atoms with E-state index in [1.54, 1.807) is 0 Å². The molecule has 1 N–H and O–H groups in total. The molecule has 0 radical (unpaired) electrons. The van der Waals surface area contributed by atoms with Gasteiger partial charge in [-0.25, -0.2) is 0 Å². The van der Waals surface area contributed by atoms with Crippen LogP contribution in [0.25, 0.3) is 5.57 Å². The number of carbonyl (C=O) groups is 1. The van der Waals surface area contributed by atoms with Crippen molar-refractivity contribution in [3.8, 4) is 11.5 Å². The van der Waals surface area contributed by atoms with Gasteiger partial charge in [-0.2, -0.15) is 0 Å². The molecule has 1 aromatic carbocycles. The molecule has 1 aliphatic carbocycles. The van der Waals surface area contributed by atoms with Gasteiger partial charge in [-0.3, -0.25) is 4.79 Å². The van der Waals surface area contributed by atoms with Crippen molar-refractivity contribution in [3.63, 3.8) is 0 Å². The van der Waals surface area contributed by atoms with Crippen LogP contribution in [0.2, 0.25) is 0 Å². The first-order valence-electron chi connectivity index (χ1n) is 15.9. The highest BCUT2D eigenvalue weighted by molar-refractivity contribution is 6.10. The minimum Gasteiger partial charge on any atom is -0.507 e. The molecule has 3 nitrogen and oxygen atoms in total. The van der Waals surface area contributed by atoms with Gasteiger partial charge in [-0.15, -0.1) is 0 Å². The molecule has 0 bridgehead atoms. The molecule has 37 heavy (non-hydrogen) atoms. The van der Waals surface area contributed by atoms with E-state index in [1.165, 1.54) is 96.3 Å². The van der Waals surface area contributed by atoms with Crippen LogP contribution in [0.5, 0.6) is 11.5 Å². The van der Waals surface area contributed by atoms with Gasteiger partial charge in [0.2, 0.25) is 0 Å². The number of aromatic hydroxyl groups is 1. The van der Waals surface area contributed by atoms with Crippen LogP contribution in [0, 0.1) is 0 Å². The third kappa shape index (κ3) is 8.11. The highest BCUT2D eigenvalue weighted by Crippen LogP contribution is 2.52. The van der Waals surface area contributed by atoms with E-state index in [-0.39, 0.29) is 11.5 Å². The Balaban J connectivity index is 1.32. The summed E-state index contributed by atoms with van der Waals surface area (Å²) in [4.78, 5) is 12.7. The van der Waals surface area contributed by atoms with Crippen LogP contribution in [-0.2, 0) is 11.2 Å². The molecule has 2 aliphatic rings. The molecule has 3 rings (SSSR count). The van der Waals surface area contributed by atoms with Crippen molar-refractivity contribution in [2.75, 3.05) is 0 Å². The first-order valence-corrected chi connectivity index (χ1v) is 15.9. The van der Waals surface area contributed by atoms with E-state index < -0.39 is 5.60 Å². The van der Waals surface area contributed by atoms with E-state index in [4.69, 9.17) is 4.74 Å². The predicted octanol–water partition coefficient (Wildman–Crippen LogP) is 10.3. The number of allylic oxidation sites excluding steroid dienone is 1. The Morgan fingerprint density at radius 1 is 0.730 bits per heavy atom. The second-order valence-electron chi connectivity index (χ2n) is 11.6. The average molecular weight is 511 g/mol. The van der Waals surface area contributed by atoms with Crippen molar-refractivity contribution < 1.29 is 14.6 Å². The second-order valence-corrected chi connectivity index (χ2v) is 11.6. The fourth-order valence-electron chi connectivity index (χ4n) is 6.51. The Morgan fingerprint density at radius 3 is 1.76 bits per heavy atom. The topological polar surface area (TPSA) is 46.5 Å². The number of carbonyl (C=O) groups excluding carboxylic acids is 1. The fraction of sp³-hybridized carbons (Fsp3) is 0.735. The maximum Gasteiger partial charge on any atom is 0.163 e. The first-order chi connectivity index (χ1) is 18.1. The number of ketones is 1. The van der Waals surface area contributed by atoms with Crippen LogP contribution in [0.1, 0.15) is 160 Å². The van der Waals surface area contributed by atoms with E-state index in [9.17, 15) is 9.90 Å². The summed E-state index contributed by atoms with van der Waals surface area (Å²) in [6, 6.07) is 4.04. The molecular formula is C34H54O3. The maximum absolute atomic E-state index is 12.7. The van der Waals surface area contributed by atoms with Crippen molar-refractivity contribution in [1.29, 1.82) is 0 Å².